The van der Waals surface area contributed by atoms with Gasteiger partial charge in [-0.3, -0.25) is 9.59 Å². The van der Waals surface area contributed by atoms with Crippen LogP contribution in [0.1, 0.15) is 25.7 Å². The molecule has 8 heteroatoms. The third-order valence-electron chi connectivity index (χ3n) is 2.96. The fourth-order valence-corrected chi connectivity index (χ4v) is 2.50. The molecule has 0 bridgehead atoms. The van der Waals surface area contributed by atoms with Gasteiger partial charge in [-0.15, -0.1) is 0 Å². The van der Waals surface area contributed by atoms with Crippen molar-refractivity contribution in [3.8, 4) is 5.75 Å². The molecule has 0 saturated heterocycles. The van der Waals surface area contributed by atoms with Gasteiger partial charge in [-0.1, -0.05) is 12.1 Å². The molecule has 7 nitrogen and oxygen atoms in total. The second-order valence-electron chi connectivity index (χ2n) is 4.39. The van der Waals surface area contributed by atoms with Crippen LogP contribution in [0.3, 0.4) is 0 Å². The fraction of sp³-hybridized carbons (Fsp3) is 0.214. The summed E-state index contributed by atoms with van der Waals surface area (Å²) in [5.74, 6) is -0.0699. The minimum absolute atomic E-state index is 0.0685. The van der Waals surface area contributed by atoms with E-state index in [1.807, 2.05) is 24.3 Å². The van der Waals surface area contributed by atoms with E-state index in [-0.39, 0.29) is 22.2 Å². The van der Waals surface area contributed by atoms with Crippen LogP contribution >= 0.6 is 11.5 Å². The highest BCUT2D eigenvalue weighted by Gasteiger charge is 2.21. The molecule has 116 valence electrons. The van der Waals surface area contributed by atoms with Crippen LogP contribution in [0.4, 0.5) is 5.69 Å². The van der Waals surface area contributed by atoms with Crippen molar-refractivity contribution in [2.45, 2.75) is 6.54 Å². The first-order chi connectivity index (χ1) is 10.6. The number of rotatable bonds is 5. The van der Waals surface area contributed by atoms with Gasteiger partial charge in [-0.2, -0.15) is 4.37 Å². The van der Waals surface area contributed by atoms with Gasteiger partial charge in [0, 0.05) is 13.6 Å². The van der Waals surface area contributed by atoms with Gasteiger partial charge in [-0.05, 0) is 29.2 Å². The third kappa shape index (κ3) is 3.34. The van der Waals surface area contributed by atoms with E-state index < -0.39 is 5.91 Å². The topological polar surface area (TPSA) is 106 Å². The van der Waals surface area contributed by atoms with E-state index in [0.717, 1.165) is 17.1 Å². The summed E-state index contributed by atoms with van der Waals surface area (Å²) in [6.45, 7) is 0.322. The Bertz CT molecular complexity index is 699. The molecule has 1 aromatic carbocycles. The summed E-state index contributed by atoms with van der Waals surface area (Å²) in [4.78, 5) is 23.9. The van der Waals surface area contributed by atoms with E-state index in [4.69, 9.17) is 10.5 Å². The normalized spacial score (nSPS) is 10.1. The lowest BCUT2D eigenvalue weighted by Gasteiger charge is -2.06. The van der Waals surface area contributed by atoms with E-state index in [0.29, 0.717) is 12.3 Å². The van der Waals surface area contributed by atoms with Crippen molar-refractivity contribution in [1.82, 2.24) is 15.0 Å². The minimum Gasteiger partial charge on any atom is -0.497 e. The highest BCUT2D eigenvalue weighted by molar-refractivity contribution is 7.09. The summed E-state index contributed by atoms with van der Waals surface area (Å²) in [5, 5.41) is 5.17. The number of carbonyl (C=O) groups is 2. The number of anilines is 1. The molecular weight excluding hydrogens is 304 g/mol. The summed E-state index contributed by atoms with van der Waals surface area (Å²) in [5.41, 5.74) is 6.85. The number of amides is 2. The fourth-order valence-electron chi connectivity index (χ4n) is 1.79. The summed E-state index contributed by atoms with van der Waals surface area (Å²) < 4.78 is 9.04. The van der Waals surface area contributed by atoms with Crippen molar-refractivity contribution in [2.75, 3.05) is 19.9 Å². The van der Waals surface area contributed by atoms with Gasteiger partial charge >= 0.3 is 0 Å². The number of hydrogen-bond donors (Lipinski definition) is 3. The molecule has 2 amide bonds. The predicted octanol–water partition coefficient (Wildman–Crippen LogP) is 1.02. The lowest BCUT2D eigenvalue weighted by molar-refractivity contribution is 0.0954. The highest BCUT2D eigenvalue weighted by atomic mass is 32.1. The SMILES string of the molecule is CNC(=O)c1nsc(C(=O)NCc2cccc(OC)c2)c1N. The number of nitrogens with zero attached hydrogens (tertiary/aromatic N) is 1. The monoisotopic (exact) mass is 320 g/mol. The van der Waals surface area contributed by atoms with Crippen LogP contribution in [0.5, 0.6) is 5.75 Å². The molecule has 0 aliphatic rings. The van der Waals surface area contributed by atoms with Gasteiger partial charge in [0.2, 0.25) is 0 Å². The van der Waals surface area contributed by atoms with E-state index in [9.17, 15) is 9.59 Å². The van der Waals surface area contributed by atoms with Crippen molar-refractivity contribution < 1.29 is 14.3 Å². The lowest BCUT2D eigenvalue weighted by atomic mass is 10.2. The minimum atomic E-state index is -0.416. The van der Waals surface area contributed by atoms with Crippen molar-refractivity contribution in [1.29, 1.82) is 0 Å². The number of methoxy groups -OCH3 is 1. The first kappa shape index (κ1) is 15.8. The molecule has 0 aliphatic heterocycles. The summed E-state index contributed by atoms with van der Waals surface area (Å²) in [6, 6.07) is 7.36. The Balaban J connectivity index is 2.06. The molecule has 0 spiro atoms. The van der Waals surface area contributed by atoms with Crippen LogP contribution in [-0.4, -0.2) is 30.3 Å². The van der Waals surface area contributed by atoms with Crippen LogP contribution in [0.15, 0.2) is 24.3 Å². The second kappa shape index (κ2) is 6.90. The zero-order chi connectivity index (χ0) is 16.1. The molecule has 0 saturated carbocycles. The zero-order valence-electron chi connectivity index (χ0n) is 12.2. The number of hydrogen-bond acceptors (Lipinski definition) is 6. The molecule has 2 rings (SSSR count). The Morgan fingerprint density at radius 1 is 1.36 bits per heavy atom. The van der Waals surface area contributed by atoms with Gasteiger partial charge in [0.25, 0.3) is 11.8 Å². The first-order valence-corrected chi connectivity index (χ1v) is 7.22. The third-order valence-corrected chi connectivity index (χ3v) is 3.83. The zero-order valence-corrected chi connectivity index (χ0v) is 13.0. The van der Waals surface area contributed by atoms with E-state index in [2.05, 4.69) is 15.0 Å². The predicted molar refractivity (Wildman–Crippen MR) is 84.1 cm³/mol. The highest BCUT2D eigenvalue weighted by Crippen LogP contribution is 2.21. The number of ether oxygens (including phenoxy) is 1. The standard InChI is InChI=1S/C14H16N4O3S/c1-16-13(19)11-10(15)12(22-18-11)14(20)17-7-8-4-3-5-9(6-8)21-2/h3-6H,7,15H2,1-2H3,(H,16,19)(H,17,20). The Hall–Kier alpha value is -2.61. The van der Waals surface area contributed by atoms with Gasteiger partial charge in [0.15, 0.2) is 5.69 Å². The molecule has 1 aromatic heterocycles. The van der Waals surface area contributed by atoms with E-state index >= 15 is 0 Å². The number of carbonyl (C=O) groups excluding carboxylic acids is 2. The molecule has 0 aliphatic carbocycles. The lowest BCUT2D eigenvalue weighted by Crippen LogP contribution is -2.24. The number of aromatic nitrogens is 1. The Kier molecular flexibility index (Phi) is 4.95. The number of nitrogens with two attached hydrogens (primary N) is 1. The number of nitrogens with one attached hydrogen (secondary N) is 2. The Morgan fingerprint density at radius 2 is 2.14 bits per heavy atom. The van der Waals surface area contributed by atoms with E-state index in [1.54, 1.807) is 7.11 Å². The molecule has 0 atom stereocenters. The average molecular weight is 320 g/mol. The average Bonchev–Trinajstić information content (AvgIpc) is 2.93. The number of nitrogen functional groups attached to an aromatic ring is 1. The van der Waals surface area contributed by atoms with Crippen LogP contribution in [-0.2, 0) is 6.54 Å². The molecule has 4 N–H and O–H groups in total. The van der Waals surface area contributed by atoms with Crippen molar-refractivity contribution in [2.24, 2.45) is 0 Å². The van der Waals surface area contributed by atoms with Crippen LogP contribution < -0.4 is 21.1 Å². The Labute approximate surface area is 131 Å². The quantitative estimate of drug-likeness (QED) is 0.763. The van der Waals surface area contributed by atoms with Crippen molar-refractivity contribution in [3.63, 3.8) is 0 Å². The van der Waals surface area contributed by atoms with Crippen LogP contribution in [0, 0.1) is 0 Å². The van der Waals surface area contributed by atoms with Crippen LogP contribution in [0.25, 0.3) is 0 Å². The maximum absolute atomic E-state index is 12.1. The largest absolute Gasteiger partial charge is 0.497 e. The van der Waals surface area contributed by atoms with E-state index in [1.165, 1.54) is 7.05 Å². The van der Waals surface area contributed by atoms with Gasteiger partial charge in [0.05, 0.1) is 12.8 Å². The van der Waals surface area contributed by atoms with Crippen LogP contribution in [0.2, 0.25) is 0 Å². The van der Waals surface area contributed by atoms with Gasteiger partial charge in [0.1, 0.15) is 10.6 Å². The number of benzene rings is 1. The van der Waals surface area contributed by atoms with Gasteiger partial charge < -0.3 is 21.1 Å². The van der Waals surface area contributed by atoms with Gasteiger partial charge in [-0.25, -0.2) is 0 Å². The molecule has 2 aromatic rings. The molecule has 0 radical (unpaired) electrons. The molecule has 0 unspecified atom stereocenters. The first-order valence-electron chi connectivity index (χ1n) is 6.45. The summed E-state index contributed by atoms with van der Waals surface area (Å²) >= 11 is 0.898. The molecule has 22 heavy (non-hydrogen) atoms. The van der Waals surface area contributed by atoms with Crippen molar-refractivity contribution >= 4 is 29.0 Å². The molecule has 0 fully saturated rings. The maximum Gasteiger partial charge on any atom is 0.272 e. The summed E-state index contributed by atoms with van der Waals surface area (Å²) in [6.07, 6.45) is 0. The molecule has 1 heterocycles. The molecular formula is C14H16N4O3S. The second-order valence-corrected chi connectivity index (χ2v) is 5.16. The van der Waals surface area contributed by atoms with Crippen molar-refractivity contribution in [3.05, 3.63) is 40.4 Å². The maximum atomic E-state index is 12.1. The summed E-state index contributed by atoms with van der Waals surface area (Å²) in [7, 11) is 3.06. The smallest absolute Gasteiger partial charge is 0.272 e. The Morgan fingerprint density at radius 3 is 2.82 bits per heavy atom.